The minimum atomic E-state index is -0.226. The maximum atomic E-state index is 12.3. The van der Waals surface area contributed by atoms with E-state index >= 15 is 0 Å². The third-order valence-electron chi connectivity index (χ3n) is 4.40. The van der Waals surface area contributed by atoms with Crippen molar-refractivity contribution in [1.29, 1.82) is 0 Å². The first-order valence-electron chi connectivity index (χ1n) is 7.98. The highest BCUT2D eigenvalue weighted by Gasteiger charge is 2.28. The summed E-state index contributed by atoms with van der Waals surface area (Å²) in [5.74, 6) is 0.137. The summed E-state index contributed by atoms with van der Waals surface area (Å²) in [5.41, 5.74) is 0.962. The van der Waals surface area contributed by atoms with Gasteiger partial charge in [0.2, 0.25) is 11.0 Å². The predicted molar refractivity (Wildman–Crippen MR) is 100.0 cm³/mol. The third-order valence-corrected chi connectivity index (χ3v) is 5.56. The zero-order valence-corrected chi connectivity index (χ0v) is 15.5. The molecule has 2 heterocycles. The summed E-state index contributed by atoms with van der Waals surface area (Å²) in [4.78, 5) is 12.3. The fourth-order valence-corrected chi connectivity index (χ4v) is 3.67. The molecule has 1 amide bonds. The first kappa shape index (κ1) is 18.8. The molecule has 2 aromatic rings. The van der Waals surface area contributed by atoms with E-state index in [2.05, 4.69) is 46.8 Å². The highest BCUT2D eigenvalue weighted by atomic mass is 35.5. The zero-order chi connectivity index (χ0) is 16.3. The molecule has 5 nitrogen and oxygen atoms in total. The van der Waals surface area contributed by atoms with Gasteiger partial charge in [0.1, 0.15) is 5.01 Å². The van der Waals surface area contributed by atoms with Gasteiger partial charge in [-0.25, -0.2) is 0 Å². The molecule has 24 heavy (non-hydrogen) atoms. The number of halogens is 1. The monoisotopic (exact) mass is 366 g/mol. The molecule has 2 N–H and O–H groups in total. The van der Waals surface area contributed by atoms with Crippen molar-refractivity contribution in [3.05, 3.63) is 40.9 Å². The van der Waals surface area contributed by atoms with Crippen LogP contribution in [0.4, 0.5) is 5.13 Å². The number of nitrogens with zero attached hydrogens (tertiary/aromatic N) is 2. The number of piperidine rings is 1. The summed E-state index contributed by atoms with van der Waals surface area (Å²) in [7, 11) is 0. The van der Waals surface area contributed by atoms with Crippen molar-refractivity contribution in [1.82, 2.24) is 15.5 Å². The van der Waals surface area contributed by atoms with Crippen molar-refractivity contribution < 1.29 is 4.79 Å². The first-order chi connectivity index (χ1) is 11.1. The average molecular weight is 367 g/mol. The van der Waals surface area contributed by atoms with Crippen molar-refractivity contribution in [2.24, 2.45) is 5.92 Å². The molecular formula is C17H23ClN4OS. The maximum Gasteiger partial charge on any atom is 0.229 e. The number of rotatable bonds is 4. The Balaban J connectivity index is 0.00000208. The molecule has 3 rings (SSSR count). The van der Waals surface area contributed by atoms with Crippen molar-refractivity contribution in [2.75, 3.05) is 18.4 Å². The fourth-order valence-electron chi connectivity index (χ4n) is 2.80. The molecule has 0 unspecified atom stereocenters. The molecular weight excluding hydrogens is 344 g/mol. The largest absolute Gasteiger partial charge is 0.317 e. The minimum Gasteiger partial charge on any atom is -0.317 e. The number of carbonyl (C=O) groups is 1. The van der Waals surface area contributed by atoms with Gasteiger partial charge in [0.15, 0.2) is 0 Å². The standard InChI is InChI=1S/C17H22N4OS.ClH/c1-17(2,13-6-4-3-5-7-13)15-20-21-16(23-15)19-14(22)12-8-10-18-11-9-12;/h3-7,12,18H,8-11H2,1-2H3,(H,19,21,22);1H. The van der Waals surface area contributed by atoms with Gasteiger partial charge in [-0.3, -0.25) is 4.79 Å². The fraction of sp³-hybridized carbons (Fsp3) is 0.471. The Bertz CT molecular complexity index is 668. The molecule has 1 aliphatic rings. The lowest BCUT2D eigenvalue weighted by molar-refractivity contribution is -0.120. The second-order valence-corrected chi connectivity index (χ2v) is 7.39. The van der Waals surface area contributed by atoms with Crippen LogP contribution >= 0.6 is 23.7 Å². The number of anilines is 1. The normalized spacial score (nSPS) is 15.6. The van der Waals surface area contributed by atoms with E-state index in [4.69, 9.17) is 0 Å². The number of amides is 1. The number of carbonyl (C=O) groups excluding carboxylic acids is 1. The molecule has 0 aliphatic carbocycles. The molecule has 7 heteroatoms. The van der Waals surface area contributed by atoms with Crippen molar-refractivity contribution in [2.45, 2.75) is 32.1 Å². The Kier molecular flexibility index (Phi) is 6.32. The Morgan fingerprint density at radius 2 is 1.88 bits per heavy atom. The lowest BCUT2D eigenvalue weighted by Crippen LogP contribution is -2.34. The molecule has 1 aliphatic heterocycles. The van der Waals surface area contributed by atoms with Crippen molar-refractivity contribution in [3.8, 4) is 0 Å². The van der Waals surface area contributed by atoms with Gasteiger partial charge in [0, 0.05) is 11.3 Å². The van der Waals surface area contributed by atoms with Crippen LogP contribution in [0, 0.1) is 5.92 Å². The van der Waals surface area contributed by atoms with Gasteiger partial charge >= 0.3 is 0 Å². The summed E-state index contributed by atoms with van der Waals surface area (Å²) in [6.07, 6.45) is 1.76. The summed E-state index contributed by atoms with van der Waals surface area (Å²) in [6, 6.07) is 10.2. The van der Waals surface area contributed by atoms with Crippen LogP contribution in [0.15, 0.2) is 30.3 Å². The Morgan fingerprint density at radius 1 is 1.21 bits per heavy atom. The summed E-state index contributed by atoms with van der Waals surface area (Å²) in [6.45, 7) is 6.06. The Hall–Kier alpha value is -1.50. The van der Waals surface area contributed by atoms with Gasteiger partial charge in [-0.2, -0.15) is 0 Å². The maximum absolute atomic E-state index is 12.3. The second-order valence-electron chi connectivity index (χ2n) is 6.42. The topological polar surface area (TPSA) is 66.9 Å². The molecule has 0 saturated carbocycles. The SMILES string of the molecule is CC(C)(c1ccccc1)c1nnc(NC(=O)C2CCNCC2)s1.Cl. The van der Waals surface area contributed by atoms with Crippen LogP contribution in [0.1, 0.15) is 37.3 Å². The highest BCUT2D eigenvalue weighted by Crippen LogP contribution is 2.34. The molecule has 1 aromatic carbocycles. The van der Waals surface area contributed by atoms with Crippen molar-refractivity contribution in [3.63, 3.8) is 0 Å². The second kappa shape index (κ2) is 8.05. The molecule has 130 valence electrons. The van der Waals surface area contributed by atoms with E-state index in [0.29, 0.717) is 5.13 Å². The smallest absolute Gasteiger partial charge is 0.229 e. The molecule has 0 spiro atoms. The van der Waals surface area contributed by atoms with E-state index in [0.717, 1.165) is 30.9 Å². The zero-order valence-electron chi connectivity index (χ0n) is 13.9. The summed E-state index contributed by atoms with van der Waals surface area (Å²) < 4.78 is 0. The number of hydrogen-bond acceptors (Lipinski definition) is 5. The van der Waals surface area contributed by atoms with Crippen LogP contribution < -0.4 is 10.6 Å². The number of hydrogen-bond donors (Lipinski definition) is 2. The molecule has 0 atom stereocenters. The predicted octanol–water partition coefficient (Wildman–Crippen LogP) is 3.22. The van der Waals surface area contributed by atoms with Gasteiger partial charge in [-0.15, -0.1) is 22.6 Å². The van der Waals surface area contributed by atoms with Crippen LogP contribution in [0.25, 0.3) is 0 Å². The van der Waals surface area contributed by atoms with E-state index in [1.807, 2.05) is 18.2 Å². The van der Waals surface area contributed by atoms with Gasteiger partial charge in [-0.1, -0.05) is 41.7 Å². The number of aromatic nitrogens is 2. The lowest BCUT2D eigenvalue weighted by Gasteiger charge is -2.22. The van der Waals surface area contributed by atoms with E-state index < -0.39 is 0 Å². The van der Waals surface area contributed by atoms with Gasteiger partial charge in [0.25, 0.3) is 0 Å². The minimum absolute atomic E-state index is 0. The van der Waals surface area contributed by atoms with Gasteiger partial charge in [0.05, 0.1) is 0 Å². The van der Waals surface area contributed by atoms with E-state index in [9.17, 15) is 4.79 Å². The Morgan fingerprint density at radius 3 is 2.54 bits per heavy atom. The van der Waals surface area contributed by atoms with Gasteiger partial charge < -0.3 is 10.6 Å². The van der Waals surface area contributed by atoms with Crippen LogP contribution in [0.5, 0.6) is 0 Å². The van der Waals surface area contributed by atoms with Crippen LogP contribution in [0.3, 0.4) is 0 Å². The van der Waals surface area contributed by atoms with Gasteiger partial charge in [-0.05, 0) is 45.3 Å². The Labute approximate surface area is 152 Å². The van der Waals surface area contributed by atoms with Crippen LogP contribution in [-0.2, 0) is 10.2 Å². The lowest BCUT2D eigenvalue weighted by atomic mass is 9.85. The third kappa shape index (κ3) is 4.12. The molecule has 0 radical (unpaired) electrons. The molecule has 1 aromatic heterocycles. The number of nitrogens with one attached hydrogen (secondary N) is 2. The van der Waals surface area contributed by atoms with Crippen molar-refractivity contribution >= 4 is 34.8 Å². The molecule has 1 saturated heterocycles. The average Bonchev–Trinajstić information content (AvgIpc) is 3.06. The molecule has 0 bridgehead atoms. The van der Waals surface area contributed by atoms with E-state index in [1.165, 1.54) is 16.9 Å². The highest BCUT2D eigenvalue weighted by molar-refractivity contribution is 7.15. The van der Waals surface area contributed by atoms with E-state index in [-0.39, 0.29) is 29.6 Å². The molecule has 1 fully saturated rings. The summed E-state index contributed by atoms with van der Waals surface area (Å²) in [5, 5.41) is 16.2. The van der Waals surface area contributed by atoms with Crippen LogP contribution in [-0.4, -0.2) is 29.2 Å². The first-order valence-corrected chi connectivity index (χ1v) is 8.80. The number of benzene rings is 1. The quantitative estimate of drug-likeness (QED) is 0.871. The van der Waals surface area contributed by atoms with Crippen LogP contribution in [0.2, 0.25) is 0 Å². The summed E-state index contributed by atoms with van der Waals surface area (Å²) >= 11 is 1.46. The van der Waals surface area contributed by atoms with E-state index in [1.54, 1.807) is 0 Å².